The van der Waals surface area contributed by atoms with Crippen LogP contribution in [-0.4, -0.2) is 12.5 Å². The van der Waals surface area contributed by atoms with Crippen molar-refractivity contribution in [3.05, 3.63) is 69.2 Å². The molecule has 0 saturated carbocycles. The van der Waals surface area contributed by atoms with Gasteiger partial charge in [-0.05, 0) is 55.3 Å². The molecule has 2 aromatic rings. The Balaban J connectivity index is 1.83. The number of carbonyl (C=O) groups is 1. The topological polar surface area (TPSA) is 41.1 Å². The standard InChI is InChI=1S/C21H17BrF6N2O/c22-18-8-6-14(7-9-18)5-3-1-2-4-10-29-30-19(31)15-11-16(20(23,24)25)13-17(12-15)21(26,27)28/h6-9,11-13,29H,1-2,4,10H2,(H,30,31). The first-order valence-electron chi connectivity index (χ1n) is 9.04. The average molecular weight is 507 g/mol. The van der Waals surface area contributed by atoms with Crippen molar-refractivity contribution in [3.8, 4) is 11.8 Å². The summed E-state index contributed by atoms with van der Waals surface area (Å²) in [4.78, 5) is 12.0. The van der Waals surface area contributed by atoms with Gasteiger partial charge in [0.15, 0.2) is 0 Å². The number of rotatable bonds is 6. The maximum absolute atomic E-state index is 12.9. The molecule has 0 aliphatic rings. The Bertz CT molecular complexity index is 927. The number of hydrazine groups is 1. The van der Waals surface area contributed by atoms with E-state index in [1.54, 1.807) is 0 Å². The zero-order valence-electron chi connectivity index (χ0n) is 15.9. The molecule has 0 aliphatic carbocycles. The van der Waals surface area contributed by atoms with Gasteiger partial charge in [0.1, 0.15) is 0 Å². The first-order chi connectivity index (χ1) is 14.5. The van der Waals surface area contributed by atoms with Crippen LogP contribution in [0.5, 0.6) is 0 Å². The molecule has 0 aliphatic heterocycles. The summed E-state index contributed by atoms with van der Waals surface area (Å²) in [5.74, 6) is 4.90. The highest BCUT2D eigenvalue weighted by Crippen LogP contribution is 2.36. The number of nitrogens with one attached hydrogen (secondary N) is 2. The minimum atomic E-state index is -5.01. The molecule has 0 spiro atoms. The van der Waals surface area contributed by atoms with Gasteiger partial charge in [-0.2, -0.15) is 26.3 Å². The van der Waals surface area contributed by atoms with Crippen molar-refractivity contribution in [2.75, 3.05) is 6.54 Å². The molecule has 2 aromatic carbocycles. The molecule has 3 nitrogen and oxygen atoms in total. The predicted molar refractivity (Wildman–Crippen MR) is 107 cm³/mol. The number of hydrogen-bond acceptors (Lipinski definition) is 2. The Morgan fingerprint density at radius 1 is 0.903 bits per heavy atom. The lowest BCUT2D eigenvalue weighted by atomic mass is 10.0. The van der Waals surface area contributed by atoms with Crippen LogP contribution in [0.3, 0.4) is 0 Å². The highest BCUT2D eigenvalue weighted by atomic mass is 79.9. The van der Waals surface area contributed by atoms with Gasteiger partial charge in [0.2, 0.25) is 0 Å². The highest BCUT2D eigenvalue weighted by Gasteiger charge is 2.37. The van der Waals surface area contributed by atoms with Gasteiger partial charge in [0.05, 0.1) is 11.1 Å². The molecule has 0 atom stereocenters. The number of hydrogen-bond donors (Lipinski definition) is 2. The van der Waals surface area contributed by atoms with Crippen molar-refractivity contribution in [3.63, 3.8) is 0 Å². The molecule has 0 radical (unpaired) electrons. The molecule has 2 rings (SSSR count). The second kappa shape index (κ2) is 10.7. The lowest BCUT2D eigenvalue weighted by Crippen LogP contribution is -2.38. The second-order valence-electron chi connectivity index (χ2n) is 6.44. The van der Waals surface area contributed by atoms with Gasteiger partial charge in [0.25, 0.3) is 5.91 Å². The number of benzene rings is 2. The molecular formula is C21H17BrF6N2O. The van der Waals surface area contributed by atoms with Crippen LogP contribution in [0.1, 0.15) is 46.3 Å². The molecule has 1 amide bonds. The molecule has 0 unspecified atom stereocenters. The van der Waals surface area contributed by atoms with E-state index in [1.165, 1.54) is 0 Å². The Morgan fingerprint density at radius 2 is 1.48 bits per heavy atom. The Morgan fingerprint density at radius 3 is 2.03 bits per heavy atom. The number of carbonyl (C=O) groups excluding carboxylic acids is 1. The Labute approximate surface area is 183 Å². The summed E-state index contributed by atoms with van der Waals surface area (Å²) in [6, 6.07) is 8.21. The van der Waals surface area contributed by atoms with Gasteiger partial charge in [-0.1, -0.05) is 27.8 Å². The zero-order chi connectivity index (χ0) is 23.1. The van der Waals surface area contributed by atoms with E-state index < -0.39 is 35.0 Å². The van der Waals surface area contributed by atoms with Crippen molar-refractivity contribution in [2.24, 2.45) is 0 Å². The summed E-state index contributed by atoms with van der Waals surface area (Å²) < 4.78 is 78.1. The number of halogens is 7. The fraction of sp³-hybridized carbons (Fsp3) is 0.286. The molecule has 0 aromatic heterocycles. The third-order valence-corrected chi connectivity index (χ3v) is 4.51. The van der Waals surface area contributed by atoms with Crippen LogP contribution in [0, 0.1) is 11.8 Å². The van der Waals surface area contributed by atoms with Crippen molar-refractivity contribution < 1.29 is 31.1 Å². The maximum atomic E-state index is 12.9. The number of amides is 1. The van der Waals surface area contributed by atoms with E-state index >= 15 is 0 Å². The summed E-state index contributed by atoms with van der Waals surface area (Å²) in [6.07, 6.45) is -8.16. The molecule has 0 saturated heterocycles. The lowest BCUT2D eigenvalue weighted by molar-refractivity contribution is -0.143. The summed E-state index contributed by atoms with van der Waals surface area (Å²) in [5, 5.41) is 0. The van der Waals surface area contributed by atoms with Crippen LogP contribution in [0.2, 0.25) is 0 Å². The molecule has 31 heavy (non-hydrogen) atoms. The molecular weight excluding hydrogens is 490 g/mol. The summed E-state index contributed by atoms with van der Waals surface area (Å²) in [7, 11) is 0. The molecule has 2 N–H and O–H groups in total. The van der Waals surface area contributed by atoms with Crippen LogP contribution in [0.4, 0.5) is 26.3 Å². The van der Waals surface area contributed by atoms with Gasteiger partial charge in [0, 0.05) is 28.6 Å². The van der Waals surface area contributed by atoms with Crippen LogP contribution in [-0.2, 0) is 12.4 Å². The van der Waals surface area contributed by atoms with Gasteiger partial charge >= 0.3 is 12.4 Å². The molecule has 0 fully saturated rings. The van der Waals surface area contributed by atoms with Crippen molar-refractivity contribution >= 4 is 21.8 Å². The van der Waals surface area contributed by atoms with E-state index in [0.717, 1.165) is 10.0 Å². The van der Waals surface area contributed by atoms with E-state index in [4.69, 9.17) is 0 Å². The van der Waals surface area contributed by atoms with Gasteiger partial charge in [-0.25, -0.2) is 5.43 Å². The molecule has 0 heterocycles. The first-order valence-corrected chi connectivity index (χ1v) is 9.83. The number of unbranched alkanes of at least 4 members (excludes halogenated alkanes) is 2. The fourth-order valence-corrected chi connectivity index (χ4v) is 2.69. The first kappa shape index (κ1) is 24.8. The van der Waals surface area contributed by atoms with Crippen LogP contribution < -0.4 is 10.9 Å². The van der Waals surface area contributed by atoms with E-state index in [1.807, 2.05) is 24.3 Å². The minimum absolute atomic E-state index is 0.0283. The van der Waals surface area contributed by atoms with Crippen LogP contribution in [0.15, 0.2) is 46.9 Å². The largest absolute Gasteiger partial charge is 0.416 e. The van der Waals surface area contributed by atoms with Gasteiger partial charge in [-0.3, -0.25) is 10.2 Å². The lowest BCUT2D eigenvalue weighted by Gasteiger charge is -2.14. The normalized spacial score (nSPS) is 11.6. The number of alkyl halides is 6. The van der Waals surface area contributed by atoms with E-state index in [2.05, 4.69) is 38.6 Å². The molecule has 166 valence electrons. The average Bonchev–Trinajstić information content (AvgIpc) is 2.69. The second-order valence-corrected chi connectivity index (χ2v) is 7.36. The van der Waals surface area contributed by atoms with E-state index in [0.29, 0.717) is 31.4 Å². The summed E-state index contributed by atoms with van der Waals surface area (Å²) in [5.41, 5.74) is 1.65. The monoisotopic (exact) mass is 506 g/mol. The fourth-order valence-electron chi connectivity index (χ4n) is 2.43. The smallest absolute Gasteiger partial charge is 0.287 e. The van der Waals surface area contributed by atoms with Crippen LogP contribution in [0.25, 0.3) is 0 Å². The summed E-state index contributed by atoms with van der Waals surface area (Å²) >= 11 is 3.33. The third kappa shape index (κ3) is 8.26. The quantitative estimate of drug-likeness (QED) is 0.220. The van der Waals surface area contributed by atoms with E-state index in [-0.39, 0.29) is 12.6 Å². The van der Waals surface area contributed by atoms with Crippen molar-refractivity contribution in [1.82, 2.24) is 10.9 Å². The van der Waals surface area contributed by atoms with E-state index in [9.17, 15) is 31.1 Å². The SMILES string of the molecule is O=C(NNCCCCC#Cc1ccc(Br)cc1)c1cc(C(F)(F)F)cc(C(F)(F)F)c1. The van der Waals surface area contributed by atoms with Gasteiger partial charge < -0.3 is 0 Å². The summed E-state index contributed by atoms with van der Waals surface area (Å²) in [6.45, 7) is 0.275. The molecule has 0 bridgehead atoms. The Hall–Kier alpha value is -2.51. The third-order valence-electron chi connectivity index (χ3n) is 3.98. The molecule has 10 heteroatoms. The van der Waals surface area contributed by atoms with Crippen molar-refractivity contribution in [2.45, 2.75) is 31.6 Å². The van der Waals surface area contributed by atoms with Gasteiger partial charge in [-0.15, -0.1) is 0 Å². The maximum Gasteiger partial charge on any atom is 0.416 e. The Kier molecular flexibility index (Phi) is 8.53. The minimum Gasteiger partial charge on any atom is -0.287 e. The zero-order valence-corrected chi connectivity index (χ0v) is 17.5. The van der Waals surface area contributed by atoms with Crippen molar-refractivity contribution in [1.29, 1.82) is 0 Å². The predicted octanol–water partition coefficient (Wildman–Crippen LogP) is 5.94. The van der Waals surface area contributed by atoms with Crippen LogP contribution >= 0.6 is 15.9 Å². The highest BCUT2D eigenvalue weighted by molar-refractivity contribution is 9.10.